The van der Waals surface area contributed by atoms with E-state index in [1.54, 1.807) is 12.1 Å². The smallest absolute Gasteiger partial charge is 0.289 e. The molecule has 0 radical (unpaired) electrons. The third-order valence-corrected chi connectivity index (χ3v) is 6.44. The first-order valence-electron chi connectivity index (χ1n) is 11.9. The summed E-state index contributed by atoms with van der Waals surface area (Å²) < 4.78 is 7.46. The van der Waals surface area contributed by atoms with E-state index in [0.717, 1.165) is 47.7 Å². The third-order valence-electron chi connectivity index (χ3n) is 6.44. The number of amides is 2. The van der Waals surface area contributed by atoms with Crippen LogP contribution in [0.5, 0.6) is 0 Å². The number of aromatic nitrogens is 2. The van der Waals surface area contributed by atoms with Crippen molar-refractivity contribution in [3.8, 4) is 0 Å². The van der Waals surface area contributed by atoms with Crippen LogP contribution in [0.15, 0.2) is 65.3 Å². The highest BCUT2D eigenvalue weighted by molar-refractivity contribution is 6.05. The first kappa shape index (κ1) is 22.9. The fourth-order valence-corrected chi connectivity index (χ4v) is 4.59. The van der Waals surface area contributed by atoms with Crippen LogP contribution in [0, 0.1) is 6.92 Å². The van der Waals surface area contributed by atoms with Crippen molar-refractivity contribution in [2.75, 3.05) is 31.5 Å². The minimum Gasteiger partial charge on any atom is -0.459 e. The number of fused-ring (bicyclic) bond motifs is 1. The SMILES string of the molecule is CCn1c(CN2CCN(C(=O)c3ccco3)CC2)nc2cc(NC(=O)c3cccc(C)c3)ccc21. The van der Waals surface area contributed by atoms with Crippen molar-refractivity contribution >= 4 is 28.5 Å². The molecular weight excluding hydrogens is 442 g/mol. The lowest BCUT2D eigenvalue weighted by Crippen LogP contribution is -2.48. The zero-order chi connectivity index (χ0) is 24.4. The maximum atomic E-state index is 12.7. The lowest BCUT2D eigenvalue weighted by Gasteiger charge is -2.34. The Bertz CT molecular complexity index is 1350. The van der Waals surface area contributed by atoms with Crippen LogP contribution >= 0.6 is 0 Å². The van der Waals surface area contributed by atoms with E-state index < -0.39 is 0 Å². The highest BCUT2D eigenvalue weighted by Gasteiger charge is 2.25. The molecule has 0 spiro atoms. The molecule has 0 unspecified atom stereocenters. The fraction of sp³-hybridized carbons (Fsp3) is 0.296. The standard InChI is InChI=1S/C27H29N5O3/c1-3-32-23-10-9-21(28-26(33)20-7-4-6-19(2)16-20)17-22(23)29-25(32)18-30-11-13-31(14-12-30)27(34)24-8-5-15-35-24/h4-10,15-17H,3,11-14,18H2,1-2H3,(H,28,33). The molecule has 0 saturated carbocycles. The summed E-state index contributed by atoms with van der Waals surface area (Å²) in [4.78, 5) is 34.2. The lowest BCUT2D eigenvalue weighted by atomic mass is 10.1. The van der Waals surface area contributed by atoms with Crippen LogP contribution in [0.4, 0.5) is 5.69 Å². The van der Waals surface area contributed by atoms with Crippen LogP contribution in [-0.2, 0) is 13.1 Å². The summed E-state index contributed by atoms with van der Waals surface area (Å²) in [6, 6.07) is 16.8. The Morgan fingerprint density at radius 2 is 1.86 bits per heavy atom. The predicted molar refractivity (Wildman–Crippen MR) is 134 cm³/mol. The van der Waals surface area contributed by atoms with Crippen LogP contribution < -0.4 is 5.32 Å². The number of nitrogens with one attached hydrogen (secondary N) is 1. The van der Waals surface area contributed by atoms with Crippen molar-refractivity contribution in [3.05, 3.63) is 83.6 Å². The van der Waals surface area contributed by atoms with Gasteiger partial charge in [-0.15, -0.1) is 0 Å². The maximum absolute atomic E-state index is 12.7. The van der Waals surface area contributed by atoms with Gasteiger partial charge in [-0.25, -0.2) is 4.98 Å². The second-order valence-corrected chi connectivity index (χ2v) is 8.85. The Hall–Kier alpha value is -3.91. The molecule has 0 atom stereocenters. The summed E-state index contributed by atoms with van der Waals surface area (Å²) in [5.74, 6) is 1.17. The molecule has 1 fully saturated rings. The van der Waals surface area contributed by atoms with E-state index in [1.165, 1.54) is 6.26 Å². The van der Waals surface area contributed by atoms with Gasteiger partial charge in [0.2, 0.25) is 0 Å². The van der Waals surface area contributed by atoms with Gasteiger partial charge >= 0.3 is 0 Å². The maximum Gasteiger partial charge on any atom is 0.289 e. The number of anilines is 1. The molecule has 1 aliphatic rings. The molecule has 0 aliphatic carbocycles. The Balaban J connectivity index is 1.27. The van der Waals surface area contributed by atoms with Crippen molar-refractivity contribution in [2.24, 2.45) is 0 Å². The van der Waals surface area contributed by atoms with Gasteiger partial charge in [-0.3, -0.25) is 14.5 Å². The van der Waals surface area contributed by atoms with Gasteiger partial charge in [0.1, 0.15) is 5.82 Å². The Labute approximate surface area is 204 Å². The molecule has 8 nitrogen and oxygen atoms in total. The van der Waals surface area contributed by atoms with E-state index in [1.807, 2.05) is 54.3 Å². The molecule has 1 N–H and O–H groups in total. The summed E-state index contributed by atoms with van der Waals surface area (Å²) >= 11 is 0. The normalized spacial score (nSPS) is 14.4. The monoisotopic (exact) mass is 471 g/mol. The van der Waals surface area contributed by atoms with Crippen molar-refractivity contribution in [3.63, 3.8) is 0 Å². The fourth-order valence-electron chi connectivity index (χ4n) is 4.59. The molecule has 2 amide bonds. The molecule has 1 aliphatic heterocycles. The molecule has 5 rings (SSSR count). The van der Waals surface area contributed by atoms with Crippen LogP contribution in [-0.4, -0.2) is 57.3 Å². The Morgan fingerprint density at radius 1 is 1.03 bits per heavy atom. The molecule has 1 saturated heterocycles. The van der Waals surface area contributed by atoms with E-state index >= 15 is 0 Å². The van der Waals surface area contributed by atoms with Gasteiger partial charge in [0.05, 0.1) is 23.8 Å². The Kier molecular flexibility index (Phi) is 6.37. The minimum atomic E-state index is -0.134. The molecule has 8 heteroatoms. The van der Waals surface area contributed by atoms with Gasteiger partial charge < -0.3 is 19.2 Å². The van der Waals surface area contributed by atoms with Gasteiger partial charge in [-0.05, 0) is 56.3 Å². The van der Waals surface area contributed by atoms with Crippen LogP contribution in [0.3, 0.4) is 0 Å². The second-order valence-electron chi connectivity index (χ2n) is 8.85. The van der Waals surface area contributed by atoms with Crippen molar-refractivity contribution in [1.82, 2.24) is 19.4 Å². The number of piperazine rings is 1. The second kappa shape index (κ2) is 9.76. The highest BCUT2D eigenvalue weighted by atomic mass is 16.3. The van der Waals surface area contributed by atoms with Gasteiger partial charge in [-0.2, -0.15) is 0 Å². The quantitative estimate of drug-likeness (QED) is 0.456. The van der Waals surface area contributed by atoms with E-state index in [9.17, 15) is 9.59 Å². The topological polar surface area (TPSA) is 83.6 Å². The van der Waals surface area contributed by atoms with Gasteiger partial charge in [0, 0.05) is 44.0 Å². The number of benzene rings is 2. The molecule has 35 heavy (non-hydrogen) atoms. The molecule has 3 heterocycles. The van der Waals surface area contributed by atoms with Crippen LogP contribution in [0.1, 0.15) is 39.2 Å². The molecule has 180 valence electrons. The first-order chi connectivity index (χ1) is 17.0. The number of hydrogen-bond donors (Lipinski definition) is 1. The van der Waals surface area contributed by atoms with Crippen molar-refractivity contribution in [2.45, 2.75) is 26.9 Å². The number of imidazole rings is 1. The average Bonchev–Trinajstić information content (AvgIpc) is 3.52. The lowest BCUT2D eigenvalue weighted by molar-refractivity contribution is 0.0593. The Morgan fingerprint density at radius 3 is 2.57 bits per heavy atom. The summed E-state index contributed by atoms with van der Waals surface area (Å²) in [5.41, 5.74) is 4.31. The minimum absolute atomic E-state index is 0.0595. The van der Waals surface area contributed by atoms with E-state index in [0.29, 0.717) is 31.0 Å². The largest absolute Gasteiger partial charge is 0.459 e. The van der Waals surface area contributed by atoms with E-state index in [4.69, 9.17) is 9.40 Å². The van der Waals surface area contributed by atoms with Crippen molar-refractivity contribution < 1.29 is 14.0 Å². The number of rotatable bonds is 6. The molecule has 0 bridgehead atoms. The molecule has 2 aromatic carbocycles. The number of hydrogen-bond acceptors (Lipinski definition) is 5. The van der Waals surface area contributed by atoms with Gasteiger partial charge in [-0.1, -0.05) is 17.7 Å². The number of aryl methyl sites for hydroxylation is 2. The predicted octanol–water partition coefficient (Wildman–Crippen LogP) is 4.17. The van der Waals surface area contributed by atoms with Gasteiger partial charge in [0.15, 0.2) is 5.76 Å². The molecule has 4 aromatic rings. The summed E-state index contributed by atoms with van der Waals surface area (Å²) in [6.45, 7) is 8.45. The van der Waals surface area contributed by atoms with Crippen molar-refractivity contribution in [1.29, 1.82) is 0 Å². The summed E-state index contributed by atoms with van der Waals surface area (Å²) in [5, 5.41) is 2.99. The number of nitrogens with zero attached hydrogens (tertiary/aromatic N) is 4. The average molecular weight is 472 g/mol. The third kappa shape index (κ3) is 4.83. The number of carbonyl (C=O) groups excluding carboxylic acids is 2. The zero-order valence-electron chi connectivity index (χ0n) is 20.0. The highest BCUT2D eigenvalue weighted by Crippen LogP contribution is 2.23. The summed E-state index contributed by atoms with van der Waals surface area (Å²) in [6.07, 6.45) is 1.53. The van der Waals surface area contributed by atoms with E-state index in [2.05, 4.69) is 21.7 Å². The first-order valence-corrected chi connectivity index (χ1v) is 11.9. The van der Waals surface area contributed by atoms with Gasteiger partial charge in [0.25, 0.3) is 11.8 Å². The summed E-state index contributed by atoms with van der Waals surface area (Å²) in [7, 11) is 0. The van der Waals surface area contributed by atoms with Crippen LogP contribution in [0.2, 0.25) is 0 Å². The number of carbonyl (C=O) groups is 2. The molecule has 2 aromatic heterocycles. The molecular formula is C27H29N5O3. The zero-order valence-corrected chi connectivity index (χ0v) is 20.0. The number of furan rings is 1. The van der Waals surface area contributed by atoms with E-state index in [-0.39, 0.29) is 11.8 Å². The van der Waals surface area contributed by atoms with Crippen LogP contribution in [0.25, 0.3) is 11.0 Å².